The Bertz CT molecular complexity index is 8330. The molecule has 0 saturated carbocycles. The topological polar surface area (TPSA) is 122 Å². The molecule has 0 atom stereocenters. The minimum absolute atomic E-state index is 0.589. The van der Waals surface area contributed by atoms with Crippen molar-refractivity contribution in [1.29, 1.82) is 0 Å². The second-order valence-corrected chi connectivity index (χ2v) is 34.3. The Hall–Kier alpha value is -14.8. The van der Waals surface area contributed by atoms with Gasteiger partial charge in [0.05, 0.1) is 81.0 Å². The summed E-state index contributed by atoms with van der Waals surface area (Å²) < 4.78 is 25.3. The number of hydrogen-bond donors (Lipinski definition) is 0. The smallest absolute Gasteiger partial charge is 0.219 e. The van der Waals surface area contributed by atoms with Crippen LogP contribution in [0.15, 0.2) is 326 Å². The zero-order valence-electron chi connectivity index (χ0n) is 66.3. The molecule has 122 heavy (non-hydrogen) atoms. The van der Waals surface area contributed by atoms with Crippen LogP contribution in [0.2, 0.25) is 0 Å². The van der Waals surface area contributed by atoms with Gasteiger partial charge in [0.25, 0.3) is 0 Å². The van der Waals surface area contributed by atoms with Crippen molar-refractivity contribution in [2.24, 2.45) is 0 Å². The molecule has 0 unspecified atom stereocenters. The highest BCUT2D eigenvalue weighted by molar-refractivity contribution is 7.99. The number of aryl methyl sites for hydroxylation is 4. The van der Waals surface area contributed by atoms with Crippen LogP contribution in [-0.2, 0) is 37.6 Å². The Kier molecular flexibility index (Phi) is 15.2. The number of aromatic nitrogens is 12. The van der Waals surface area contributed by atoms with E-state index in [9.17, 15) is 0 Å². The average Bonchev–Trinajstić information content (AvgIpc) is 1.43. The summed E-state index contributed by atoms with van der Waals surface area (Å²) in [5, 5.41) is 25.3. The summed E-state index contributed by atoms with van der Waals surface area (Å²) in [4.78, 5) is 29.2. The minimum atomic E-state index is 0.589. The van der Waals surface area contributed by atoms with Crippen LogP contribution < -0.4 is 9.47 Å². The second kappa shape index (κ2) is 26.8. The van der Waals surface area contributed by atoms with Crippen molar-refractivity contribution in [3.63, 3.8) is 0 Å². The average molecular weight is 1610 g/mol. The summed E-state index contributed by atoms with van der Waals surface area (Å²) in [6.45, 7) is 5.61. The number of imidazole rings is 6. The molecule has 16 heteroatoms. The number of fused-ring (bicyclic) bond motifs is 18. The first-order chi connectivity index (χ1) is 60.4. The summed E-state index contributed by atoms with van der Waals surface area (Å²) in [7, 11) is 0. The van der Waals surface area contributed by atoms with Crippen molar-refractivity contribution in [2.75, 3.05) is 0 Å². The van der Waals surface area contributed by atoms with E-state index in [4.69, 9.17) is 14.5 Å². The normalized spacial score (nSPS) is 13.4. The number of thioether (sulfide) groups is 2. The van der Waals surface area contributed by atoms with E-state index < -0.39 is 0 Å². The van der Waals surface area contributed by atoms with E-state index in [-0.39, 0.29) is 0 Å². The van der Waals surface area contributed by atoms with Gasteiger partial charge in [-0.15, -0.1) is 23.5 Å². The van der Waals surface area contributed by atoms with Crippen molar-refractivity contribution in [3.05, 3.63) is 361 Å². The summed E-state index contributed by atoms with van der Waals surface area (Å²) in [5.74, 6) is 3.82. The van der Waals surface area contributed by atoms with Crippen molar-refractivity contribution in [3.8, 4) is 22.8 Å². The van der Waals surface area contributed by atoms with Gasteiger partial charge in [-0.2, -0.15) is 0 Å². The Morgan fingerprint density at radius 3 is 1.40 bits per heavy atom. The maximum atomic E-state index is 5.83. The van der Waals surface area contributed by atoms with Crippen molar-refractivity contribution in [2.45, 2.75) is 61.3 Å². The Morgan fingerprint density at radius 2 is 0.738 bits per heavy atom. The fourth-order valence-electron chi connectivity index (χ4n) is 20.4. The van der Waals surface area contributed by atoms with Crippen molar-refractivity contribution in [1.82, 2.24) is 56.3 Å². The lowest BCUT2D eigenvalue weighted by Crippen LogP contribution is -2.08. The zero-order valence-corrected chi connectivity index (χ0v) is 67.9. The fourth-order valence-corrected chi connectivity index (χ4v) is 22.4. The molecule has 0 fully saturated rings. The first-order valence-electron chi connectivity index (χ1n) is 41.5. The number of nitrogens with zero attached hydrogens (tertiary/aromatic N) is 12. The van der Waals surface area contributed by atoms with Crippen LogP contribution in [0.3, 0.4) is 0 Å². The Morgan fingerprint density at radius 1 is 0.279 bits per heavy atom. The van der Waals surface area contributed by atoms with E-state index in [0.29, 0.717) is 13.2 Å². The molecular formula is C106H70N12O2S2. The number of benzene rings is 13. The molecule has 18 heterocycles. The first-order valence-corrected chi connectivity index (χ1v) is 43.5. The molecule has 14 nitrogen and oxygen atoms in total. The summed E-state index contributed by atoms with van der Waals surface area (Å²) >= 11 is 3.78. The second-order valence-electron chi connectivity index (χ2n) is 32.3. The predicted molar refractivity (Wildman–Crippen MR) is 500 cm³/mol. The van der Waals surface area contributed by atoms with E-state index >= 15 is 0 Å². The molecule has 13 aromatic heterocycles. The van der Waals surface area contributed by atoms with Gasteiger partial charge in [0.2, 0.25) is 5.88 Å². The van der Waals surface area contributed by atoms with E-state index in [1.54, 1.807) is 0 Å². The standard InChI is InChI=1S/C25H20N2.C17H10N2.2C16H10N2O.2C16H10N2S/c1-15-5-3-6-16(2)23(15)18-10-12-21-22(13-18)20-8-4-7-17-9-11-19-14-26-25(21)27(19)24(17)20;1-2-6-15-13(5-1)14-7-3-4-11-8-9-12-10-18-17(15)19(12)16(11)14;1-2-6-13-11(5-1)12-7-3-4-10-9-19-14-8-17-16(13)18(14)15(10)12;1-2-5-13-11(4-1)12-6-3-7-14-15(12)18-10(9-19-14)8-17-16(13)18;1-2-6-13-11(5-1)12-7-3-4-10-9-19-14-8-17-16(13)18(14)15(10)12;1-2-5-13-11(4-1)12-6-3-7-14-15(12)18-10(9-19-14)8-17-16(13)18/h3-8,10,12-14H,9,11H2,1-2H3;1-10H;4*1-8H,9H2. The van der Waals surface area contributed by atoms with Crippen LogP contribution in [0.25, 0.3) is 186 Å². The van der Waals surface area contributed by atoms with E-state index in [2.05, 4.69) is 344 Å². The van der Waals surface area contributed by atoms with Gasteiger partial charge < -0.3 is 9.47 Å². The SMILES string of the molecule is Cc1cccc(C)c1-c1ccc2c(c1)c1cccc3c1n1c(cnc21)CC3.c1ccc2c(c1)c1cccc3c1n1c(cnc21)CO3.c1ccc2c(c1)c1cccc3c1n1c(cnc21)CS3.c1ccc2c(c1)c1cccc3c1n1c(cnc21)OC3.c1ccc2c(c1)c1cccc3c1n1c(cnc21)SC3.c1ccc2c(c1)c1cccc3ccc4cnc2n4c31. The van der Waals surface area contributed by atoms with Gasteiger partial charge in [0.1, 0.15) is 57.9 Å². The first kappa shape index (κ1) is 69.1. The van der Waals surface area contributed by atoms with Crippen molar-refractivity contribution < 1.29 is 9.47 Å². The Labute approximate surface area is 704 Å². The van der Waals surface area contributed by atoms with Crippen LogP contribution >= 0.6 is 23.5 Å². The number of pyridine rings is 7. The third kappa shape index (κ3) is 10.2. The molecular weight excluding hydrogens is 1540 g/mol. The summed E-state index contributed by atoms with van der Waals surface area (Å²) in [6, 6.07) is 99.3. The molecule has 0 amide bonds. The van der Waals surface area contributed by atoms with Crippen LogP contribution in [0, 0.1) is 13.8 Å². The lowest BCUT2D eigenvalue weighted by molar-refractivity contribution is 0.286. The van der Waals surface area contributed by atoms with E-state index in [1.807, 2.05) is 60.6 Å². The molecule has 13 aromatic carbocycles. The van der Waals surface area contributed by atoms with Gasteiger partial charge in [-0.1, -0.05) is 249 Å². The maximum Gasteiger partial charge on any atom is 0.219 e. The highest BCUT2D eigenvalue weighted by atomic mass is 32.2. The quantitative estimate of drug-likeness (QED) is 0.116. The lowest BCUT2D eigenvalue weighted by atomic mass is 9.92. The molecule has 0 aliphatic carbocycles. The third-order valence-corrected chi connectivity index (χ3v) is 27.8. The molecule has 0 radical (unpaired) electrons. The third-order valence-electron chi connectivity index (χ3n) is 25.7. The Balaban J connectivity index is 0.0000000791. The van der Waals surface area contributed by atoms with Gasteiger partial charge in [-0.05, 0) is 128 Å². The van der Waals surface area contributed by atoms with Crippen LogP contribution in [-0.4, -0.2) is 56.3 Å². The van der Waals surface area contributed by atoms with Gasteiger partial charge in [0, 0.05) is 98.5 Å². The molecule has 0 saturated heterocycles. The molecule has 578 valence electrons. The highest BCUT2D eigenvalue weighted by Gasteiger charge is 2.27. The van der Waals surface area contributed by atoms with Gasteiger partial charge in [-0.25, -0.2) is 29.9 Å². The molecule has 26 aromatic rings. The lowest BCUT2D eigenvalue weighted by Gasteiger charge is -2.19. The molecule has 31 rings (SSSR count). The summed E-state index contributed by atoms with van der Waals surface area (Å²) in [5.41, 5.74) is 28.2. The van der Waals surface area contributed by atoms with Crippen molar-refractivity contribution >= 4 is 198 Å². The predicted octanol–water partition coefficient (Wildman–Crippen LogP) is 25.8. The molecule has 5 aliphatic rings. The van der Waals surface area contributed by atoms with Gasteiger partial charge in [0.15, 0.2) is 0 Å². The fraction of sp³-hybridized carbons (Fsp3) is 0.0755. The van der Waals surface area contributed by atoms with E-state index in [1.165, 1.54) is 190 Å². The number of hydrogen-bond acceptors (Lipinski definition) is 10. The minimum Gasteiger partial charge on any atom is -0.485 e. The highest BCUT2D eigenvalue weighted by Crippen LogP contribution is 2.46. The maximum absolute atomic E-state index is 5.83. The number of ether oxygens (including phenoxy) is 2. The molecule has 0 N–H and O–H groups in total. The molecule has 5 aliphatic heterocycles. The van der Waals surface area contributed by atoms with Crippen LogP contribution in [0.4, 0.5) is 0 Å². The molecule has 0 spiro atoms. The van der Waals surface area contributed by atoms with Crippen LogP contribution in [0.1, 0.15) is 44.9 Å². The number of para-hydroxylation sites is 6. The zero-order chi connectivity index (χ0) is 80.1. The van der Waals surface area contributed by atoms with Gasteiger partial charge >= 0.3 is 0 Å². The summed E-state index contributed by atoms with van der Waals surface area (Å²) in [6.07, 6.45) is 13.9. The number of rotatable bonds is 1. The van der Waals surface area contributed by atoms with Gasteiger partial charge in [-0.3, -0.25) is 26.4 Å². The van der Waals surface area contributed by atoms with Crippen LogP contribution in [0.5, 0.6) is 11.6 Å². The largest absolute Gasteiger partial charge is 0.485 e. The van der Waals surface area contributed by atoms with E-state index in [0.717, 1.165) is 86.6 Å². The monoisotopic (exact) mass is 1610 g/mol. The molecule has 0 bridgehead atoms.